The molecule has 1 fully saturated rings. The van der Waals surface area contributed by atoms with E-state index in [1.54, 1.807) is 19.2 Å². The molecule has 1 aliphatic rings. The van der Waals surface area contributed by atoms with Gasteiger partial charge in [-0.05, 0) is 42.3 Å². The maximum Gasteiger partial charge on any atom is 0.161 e. The van der Waals surface area contributed by atoms with Gasteiger partial charge in [-0.1, -0.05) is 12.1 Å². The van der Waals surface area contributed by atoms with Crippen molar-refractivity contribution in [2.45, 2.75) is 25.6 Å². The van der Waals surface area contributed by atoms with Crippen molar-refractivity contribution in [3.63, 3.8) is 0 Å². The molecule has 0 spiro atoms. The van der Waals surface area contributed by atoms with Crippen LogP contribution in [0.5, 0.6) is 17.2 Å². The zero-order valence-corrected chi connectivity index (χ0v) is 20.2. The highest BCUT2D eigenvalue weighted by Crippen LogP contribution is 2.29. The molecular formula is C26H32FN3O5. The average Bonchev–Trinajstić information content (AvgIpc) is 3.16. The molecule has 1 aliphatic heterocycles. The quantitative estimate of drug-likeness (QED) is 0.473. The minimum atomic E-state index is -1.22. The SMILES string of the molecule is COc1cc(CN2CCOC[C@@](O)(COc3cccc(F)c3)C2)ccc1OCCn1cc(C)cn1. The van der Waals surface area contributed by atoms with Crippen LogP contribution in [-0.2, 0) is 17.8 Å². The van der Waals surface area contributed by atoms with E-state index in [4.69, 9.17) is 18.9 Å². The fraction of sp³-hybridized carbons (Fsp3) is 0.423. The number of aryl methyl sites for hydroxylation is 1. The van der Waals surface area contributed by atoms with Gasteiger partial charge in [0.1, 0.15) is 30.4 Å². The number of hydrogen-bond acceptors (Lipinski definition) is 7. The van der Waals surface area contributed by atoms with Crippen LogP contribution < -0.4 is 14.2 Å². The van der Waals surface area contributed by atoms with E-state index in [-0.39, 0.29) is 19.0 Å². The summed E-state index contributed by atoms with van der Waals surface area (Å²) in [5.41, 5.74) is 0.909. The number of rotatable bonds is 10. The van der Waals surface area contributed by atoms with E-state index in [0.717, 1.165) is 11.1 Å². The summed E-state index contributed by atoms with van der Waals surface area (Å²) < 4.78 is 38.1. The molecule has 35 heavy (non-hydrogen) atoms. The Kier molecular flexibility index (Phi) is 8.22. The predicted octanol–water partition coefficient (Wildman–Crippen LogP) is 3.06. The van der Waals surface area contributed by atoms with Crippen LogP contribution in [0.15, 0.2) is 54.9 Å². The van der Waals surface area contributed by atoms with Crippen LogP contribution in [0.25, 0.3) is 0 Å². The number of β-amino-alcohol motifs (C(OH)–C–C–N with tert-alkyl or cyclic N) is 1. The number of aliphatic hydroxyl groups is 1. The highest BCUT2D eigenvalue weighted by atomic mass is 19.1. The Balaban J connectivity index is 1.35. The second-order valence-electron chi connectivity index (χ2n) is 8.85. The Morgan fingerprint density at radius 2 is 2.06 bits per heavy atom. The van der Waals surface area contributed by atoms with Gasteiger partial charge in [-0.3, -0.25) is 9.58 Å². The van der Waals surface area contributed by atoms with Crippen molar-refractivity contribution in [1.82, 2.24) is 14.7 Å². The lowest BCUT2D eigenvalue weighted by molar-refractivity contribution is -0.0647. The first kappa shape index (κ1) is 25.0. The van der Waals surface area contributed by atoms with Crippen molar-refractivity contribution >= 4 is 0 Å². The van der Waals surface area contributed by atoms with Gasteiger partial charge in [-0.2, -0.15) is 5.10 Å². The normalized spacial score (nSPS) is 18.7. The molecule has 0 saturated carbocycles. The van der Waals surface area contributed by atoms with E-state index >= 15 is 0 Å². The minimum absolute atomic E-state index is 0.00116. The Morgan fingerprint density at radius 1 is 1.17 bits per heavy atom. The molecule has 1 N–H and O–H groups in total. The Hall–Kier alpha value is -3.14. The van der Waals surface area contributed by atoms with E-state index < -0.39 is 5.60 Å². The van der Waals surface area contributed by atoms with Gasteiger partial charge in [0.05, 0.1) is 33.1 Å². The zero-order chi connectivity index (χ0) is 24.7. The highest BCUT2D eigenvalue weighted by Gasteiger charge is 2.33. The number of hydrogen-bond donors (Lipinski definition) is 1. The summed E-state index contributed by atoms with van der Waals surface area (Å²) in [4.78, 5) is 2.11. The number of benzene rings is 2. The molecule has 3 aromatic rings. The van der Waals surface area contributed by atoms with Crippen molar-refractivity contribution in [2.75, 3.05) is 46.6 Å². The molecule has 1 atom stereocenters. The van der Waals surface area contributed by atoms with E-state index in [9.17, 15) is 9.50 Å². The van der Waals surface area contributed by atoms with Crippen molar-refractivity contribution in [3.05, 3.63) is 71.8 Å². The molecule has 9 heteroatoms. The molecule has 0 bridgehead atoms. The number of nitrogens with zero attached hydrogens (tertiary/aromatic N) is 3. The summed E-state index contributed by atoms with van der Waals surface area (Å²) in [5.74, 6) is 1.30. The van der Waals surface area contributed by atoms with Crippen LogP contribution in [0.1, 0.15) is 11.1 Å². The maximum absolute atomic E-state index is 13.4. The minimum Gasteiger partial charge on any atom is -0.493 e. The predicted molar refractivity (Wildman–Crippen MR) is 128 cm³/mol. The van der Waals surface area contributed by atoms with Gasteiger partial charge in [-0.25, -0.2) is 4.39 Å². The summed E-state index contributed by atoms with van der Waals surface area (Å²) >= 11 is 0. The summed E-state index contributed by atoms with van der Waals surface area (Å²) in [6, 6.07) is 11.7. The van der Waals surface area contributed by atoms with Gasteiger partial charge in [-0.15, -0.1) is 0 Å². The van der Waals surface area contributed by atoms with Crippen LogP contribution in [0.2, 0.25) is 0 Å². The van der Waals surface area contributed by atoms with Gasteiger partial charge in [0.2, 0.25) is 0 Å². The van der Waals surface area contributed by atoms with Gasteiger partial charge in [0.25, 0.3) is 0 Å². The number of ether oxygens (including phenoxy) is 4. The smallest absolute Gasteiger partial charge is 0.161 e. The molecule has 8 nitrogen and oxygen atoms in total. The number of methoxy groups -OCH3 is 1. The molecule has 0 amide bonds. The summed E-state index contributed by atoms with van der Waals surface area (Å²) in [6.45, 7) is 5.35. The van der Waals surface area contributed by atoms with E-state index in [1.165, 1.54) is 12.1 Å². The third-order valence-corrected chi connectivity index (χ3v) is 5.72. The zero-order valence-electron chi connectivity index (χ0n) is 20.2. The summed E-state index contributed by atoms with van der Waals surface area (Å²) in [6.07, 6.45) is 3.79. The number of aromatic nitrogens is 2. The van der Waals surface area contributed by atoms with E-state index in [1.807, 2.05) is 42.2 Å². The monoisotopic (exact) mass is 485 g/mol. The topological polar surface area (TPSA) is 78.2 Å². The molecule has 0 aliphatic carbocycles. The van der Waals surface area contributed by atoms with Gasteiger partial charge in [0, 0.05) is 31.9 Å². The Bertz CT molecular complexity index is 1110. The number of halogens is 1. The molecule has 1 aromatic heterocycles. The molecular weight excluding hydrogens is 453 g/mol. The van der Waals surface area contributed by atoms with Crippen LogP contribution in [0.4, 0.5) is 4.39 Å². The summed E-state index contributed by atoms with van der Waals surface area (Å²) in [5, 5.41) is 15.4. The fourth-order valence-electron chi connectivity index (χ4n) is 4.02. The molecule has 2 heterocycles. The largest absolute Gasteiger partial charge is 0.493 e. The summed E-state index contributed by atoms with van der Waals surface area (Å²) in [7, 11) is 1.62. The van der Waals surface area contributed by atoms with Gasteiger partial charge in [0.15, 0.2) is 11.5 Å². The van der Waals surface area contributed by atoms with Crippen LogP contribution in [-0.4, -0.2) is 72.0 Å². The molecule has 1 saturated heterocycles. The molecule has 188 valence electrons. The van der Waals surface area contributed by atoms with Gasteiger partial charge < -0.3 is 24.1 Å². The third-order valence-electron chi connectivity index (χ3n) is 5.72. The van der Waals surface area contributed by atoms with Crippen LogP contribution in [0, 0.1) is 12.7 Å². The lowest BCUT2D eigenvalue weighted by Crippen LogP contribution is -2.48. The van der Waals surface area contributed by atoms with Crippen LogP contribution in [0.3, 0.4) is 0 Å². The highest BCUT2D eigenvalue weighted by molar-refractivity contribution is 5.43. The third kappa shape index (κ3) is 7.17. The van der Waals surface area contributed by atoms with Crippen molar-refractivity contribution in [1.29, 1.82) is 0 Å². The second-order valence-corrected chi connectivity index (χ2v) is 8.85. The first-order chi connectivity index (χ1) is 16.9. The van der Waals surface area contributed by atoms with Crippen molar-refractivity contribution in [3.8, 4) is 17.2 Å². The standard InChI is InChI=1S/C26H32FN3O5/c1-20-14-28-30(15-20)9-11-34-24-7-6-21(12-25(24)32-2)16-29-8-10-33-18-26(31,17-29)19-35-23-5-3-4-22(27)13-23/h3-7,12-15,31H,8-11,16-19H2,1-2H3/t26-/m1/s1. The van der Waals surface area contributed by atoms with E-state index in [2.05, 4.69) is 10.00 Å². The van der Waals surface area contributed by atoms with Gasteiger partial charge >= 0.3 is 0 Å². The van der Waals surface area contributed by atoms with E-state index in [0.29, 0.717) is 56.6 Å². The Labute approximate surface area is 204 Å². The fourth-order valence-corrected chi connectivity index (χ4v) is 4.02. The molecule has 4 rings (SSSR count). The molecule has 2 aromatic carbocycles. The van der Waals surface area contributed by atoms with Crippen molar-refractivity contribution in [2.24, 2.45) is 0 Å². The first-order valence-corrected chi connectivity index (χ1v) is 11.6. The maximum atomic E-state index is 13.4. The lowest BCUT2D eigenvalue weighted by atomic mass is 10.1. The van der Waals surface area contributed by atoms with Crippen molar-refractivity contribution < 1.29 is 28.4 Å². The Morgan fingerprint density at radius 3 is 2.83 bits per heavy atom. The van der Waals surface area contributed by atoms with Crippen LogP contribution >= 0.6 is 0 Å². The second kappa shape index (κ2) is 11.5. The first-order valence-electron chi connectivity index (χ1n) is 11.6. The average molecular weight is 486 g/mol. The molecule has 0 unspecified atom stereocenters. The molecule has 0 radical (unpaired) electrons. The lowest BCUT2D eigenvalue weighted by Gasteiger charge is -2.30.